The molecule has 2 N–H and O–H groups in total. The number of carbonyl (C=O) groups excluding carboxylic acids is 1. The molecule has 0 heterocycles. The monoisotopic (exact) mass is 194 g/mol. The third kappa shape index (κ3) is 2.97. The predicted octanol–water partition coefficient (Wildman–Crippen LogP) is 0.736. The van der Waals surface area contributed by atoms with Gasteiger partial charge in [-0.05, 0) is 24.3 Å². The lowest BCUT2D eigenvalue weighted by Crippen LogP contribution is -2.27. The van der Waals surface area contributed by atoms with Crippen LogP contribution < -0.4 is 10.5 Å². The van der Waals surface area contributed by atoms with Crippen molar-refractivity contribution in [1.29, 1.82) is 0 Å². The maximum absolute atomic E-state index is 11.2. The van der Waals surface area contributed by atoms with Gasteiger partial charge in [-0.3, -0.25) is 4.79 Å². The minimum Gasteiger partial charge on any atom is -0.484 e. The molecular weight excluding hydrogens is 180 g/mol. The molecule has 0 saturated carbocycles. The Hall–Kier alpha value is -1.71. The van der Waals surface area contributed by atoms with Crippen LogP contribution in [0.1, 0.15) is 0 Å². The molecule has 0 aliphatic carbocycles. The Morgan fingerprint density at radius 1 is 1.36 bits per heavy atom. The third-order valence-electron chi connectivity index (χ3n) is 1.74. The van der Waals surface area contributed by atoms with E-state index in [4.69, 9.17) is 10.5 Å². The highest BCUT2D eigenvalue weighted by atomic mass is 16.5. The Bertz CT molecular complexity index is 306. The lowest BCUT2D eigenvalue weighted by molar-refractivity contribution is -0.130. The van der Waals surface area contributed by atoms with Gasteiger partial charge < -0.3 is 15.4 Å². The zero-order valence-electron chi connectivity index (χ0n) is 8.36. The number of amides is 1. The summed E-state index contributed by atoms with van der Waals surface area (Å²) in [6.07, 6.45) is 0. The van der Waals surface area contributed by atoms with Crippen LogP contribution in [0.15, 0.2) is 24.3 Å². The molecule has 1 rings (SSSR count). The van der Waals surface area contributed by atoms with Gasteiger partial charge in [-0.1, -0.05) is 0 Å². The van der Waals surface area contributed by atoms with Gasteiger partial charge in [0.25, 0.3) is 5.91 Å². The Kier molecular flexibility index (Phi) is 3.34. The second kappa shape index (κ2) is 4.50. The van der Waals surface area contributed by atoms with E-state index < -0.39 is 0 Å². The fourth-order valence-electron chi connectivity index (χ4n) is 0.838. The SMILES string of the molecule is CN(C)C(=O)COc1ccc(N)cc1. The van der Waals surface area contributed by atoms with Crippen molar-refractivity contribution in [2.24, 2.45) is 0 Å². The van der Waals surface area contributed by atoms with E-state index in [1.165, 1.54) is 4.90 Å². The summed E-state index contributed by atoms with van der Waals surface area (Å²) >= 11 is 0. The van der Waals surface area contributed by atoms with Gasteiger partial charge in [0.05, 0.1) is 0 Å². The van der Waals surface area contributed by atoms with Crippen molar-refractivity contribution in [1.82, 2.24) is 4.90 Å². The third-order valence-corrected chi connectivity index (χ3v) is 1.74. The molecular formula is C10H14N2O2. The van der Waals surface area contributed by atoms with Crippen molar-refractivity contribution in [3.8, 4) is 5.75 Å². The number of carbonyl (C=O) groups is 1. The molecule has 0 radical (unpaired) electrons. The van der Waals surface area contributed by atoms with Crippen LogP contribution in [0.3, 0.4) is 0 Å². The normalized spacial score (nSPS) is 9.57. The van der Waals surface area contributed by atoms with E-state index in [9.17, 15) is 4.79 Å². The molecule has 1 aromatic rings. The molecule has 4 heteroatoms. The summed E-state index contributed by atoms with van der Waals surface area (Å²) in [5, 5.41) is 0. The summed E-state index contributed by atoms with van der Waals surface area (Å²) in [5.74, 6) is 0.580. The first kappa shape index (κ1) is 10.4. The molecule has 1 amide bonds. The summed E-state index contributed by atoms with van der Waals surface area (Å²) in [4.78, 5) is 12.6. The van der Waals surface area contributed by atoms with Crippen LogP contribution in [0, 0.1) is 0 Å². The Morgan fingerprint density at radius 2 is 1.93 bits per heavy atom. The van der Waals surface area contributed by atoms with E-state index >= 15 is 0 Å². The molecule has 0 saturated heterocycles. The Morgan fingerprint density at radius 3 is 2.43 bits per heavy atom. The number of nitrogens with two attached hydrogens (primary N) is 1. The first-order valence-corrected chi connectivity index (χ1v) is 4.28. The smallest absolute Gasteiger partial charge is 0.259 e. The van der Waals surface area contributed by atoms with Crippen molar-refractivity contribution < 1.29 is 9.53 Å². The number of benzene rings is 1. The number of anilines is 1. The molecule has 0 aliphatic rings. The standard InChI is InChI=1S/C10H14N2O2/c1-12(2)10(13)7-14-9-5-3-8(11)4-6-9/h3-6H,7,11H2,1-2H3. The van der Waals surface area contributed by atoms with Crippen LogP contribution in [0.25, 0.3) is 0 Å². The van der Waals surface area contributed by atoms with Gasteiger partial charge in [0.15, 0.2) is 6.61 Å². The molecule has 0 bridgehead atoms. The maximum Gasteiger partial charge on any atom is 0.259 e. The zero-order chi connectivity index (χ0) is 10.6. The molecule has 0 unspecified atom stereocenters. The van der Waals surface area contributed by atoms with Crippen LogP contribution in [0.5, 0.6) is 5.75 Å². The van der Waals surface area contributed by atoms with Crippen molar-refractivity contribution in [2.45, 2.75) is 0 Å². The quantitative estimate of drug-likeness (QED) is 0.722. The van der Waals surface area contributed by atoms with Gasteiger partial charge in [-0.15, -0.1) is 0 Å². The fourth-order valence-corrected chi connectivity index (χ4v) is 0.838. The van der Waals surface area contributed by atoms with E-state index in [2.05, 4.69) is 0 Å². The lowest BCUT2D eigenvalue weighted by atomic mass is 10.3. The van der Waals surface area contributed by atoms with E-state index in [0.717, 1.165) is 0 Å². The van der Waals surface area contributed by atoms with Gasteiger partial charge in [-0.2, -0.15) is 0 Å². The summed E-state index contributed by atoms with van der Waals surface area (Å²) in [6, 6.07) is 6.93. The van der Waals surface area contributed by atoms with E-state index in [1.807, 2.05) is 0 Å². The number of hydrogen-bond donors (Lipinski definition) is 1. The molecule has 0 spiro atoms. The first-order valence-electron chi connectivity index (χ1n) is 4.28. The van der Waals surface area contributed by atoms with Gasteiger partial charge in [0, 0.05) is 19.8 Å². The number of nitrogens with zero attached hydrogens (tertiary/aromatic N) is 1. The predicted molar refractivity (Wildman–Crippen MR) is 55.0 cm³/mol. The number of nitrogen functional groups attached to an aromatic ring is 1. The number of ether oxygens (including phenoxy) is 1. The topological polar surface area (TPSA) is 55.6 Å². The van der Waals surface area contributed by atoms with Gasteiger partial charge in [0.1, 0.15) is 5.75 Å². The summed E-state index contributed by atoms with van der Waals surface area (Å²) in [5.41, 5.74) is 6.18. The van der Waals surface area contributed by atoms with E-state index in [1.54, 1.807) is 38.4 Å². The lowest BCUT2D eigenvalue weighted by Gasteiger charge is -2.11. The average molecular weight is 194 g/mol. The van der Waals surface area contributed by atoms with Crippen LogP contribution in [-0.4, -0.2) is 31.5 Å². The van der Waals surface area contributed by atoms with Gasteiger partial charge >= 0.3 is 0 Å². The first-order chi connectivity index (χ1) is 6.59. The second-order valence-electron chi connectivity index (χ2n) is 3.15. The van der Waals surface area contributed by atoms with Crippen LogP contribution in [-0.2, 0) is 4.79 Å². The van der Waals surface area contributed by atoms with Gasteiger partial charge in [-0.25, -0.2) is 0 Å². The average Bonchev–Trinajstić information content (AvgIpc) is 2.16. The van der Waals surface area contributed by atoms with Crippen molar-refractivity contribution in [3.63, 3.8) is 0 Å². The molecule has 0 aliphatic heterocycles. The van der Waals surface area contributed by atoms with Crippen LogP contribution in [0.4, 0.5) is 5.69 Å². The molecule has 4 nitrogen and oxygen atoms in total. The minimum absolute atomic E-state index is 0.0525. The van der Waals surface area contributed by atoms with Crippen molar-refractivity contribution in [3.05, 3.63) is 24.3 Å². The number of likely N-dealkylation sites (N-methyl/N-ethyl adjacent to an activating group) is 1. The molecule has 1 aromatic carbocycles. The maximum atomic E-state index is 11.2. The highest BCUT2D eigenvalue weighted by molar-refractivity contribution is 5.77. The molecule has 76 valence electrons. The van der Waals surface area contributed by atoms with Crippen molar-refractivity contribution in [2.75, 3.05) is 26.4 Å². The highest BCUT2D eigenvalue weighted by Gasteiger charge is 2.04. The fraction of sp³-hybridized carbons (Fsp3) is 0.300. The molecule has 0 aromatic heterocycles. The number of hydrogen-bond acceptors (Lipinski definition) is 3. The van der Waals surface area contributed by atoms with Gasteiger partial charge in [0.2, 0.25) is 0 Å². The van der Waals surface area contributed by atoms with E-state index in [0.29, 0.717) is 11.4 Å². The summed E-state index contributed by atoms with van der Waals surface area (Å²) in [6.45, 7) is 0.0525. The molecule has 0 fully saturated rings. The minimum atomic E-state index is -0.0678. The van der Waals surface area contributed by atoms with E-state index in [-0.39, 0.29) is 12.5 Å². The summed E-state index contributed by atoms with van der Waals surface area (Å²) < 4.78 is 5.24. The molecule has 0 atom stereocenters. The number of rotatable bonds is 3. The Balaban J connectivity index is 2.46. The highest BCUT2D eigenvalue weighted by Crippen LogP contribution is 2.12. The van der Waals surface area contributed by atoms with Crippen molar-refractivity contribution >= 4 is 11.6 Å². The van der Waals surface area contributed by atoms with Crippen LogP contribution in [0.2, 0.25) is 0 Å². The summed E-state index contributed by atoms with van der Waals surface area (Å²) in [7, 11) is 3.38. The Labute approximate surface area is 83.3 Å². The second-order valence-corrected chi connectivity index (χ2v) is 3.15. The molecule has 14 heavy (non-hydrogen) atoms. The largest absolute Gasteiger partial charge is 0.484 e. The zero-order valence-corrected chi connectivity index (χ0v) is 8.36. The van der Waals surface area contributed by atoms with Crippen LogP contribution >= 0.6 is 0 Å².